The minimum absolute atomic E-state index is 0.424. The highest BCUT2D eigenvalue weighted by atomic mass is 79.9. The first-order valence-electron chi connectivity index (χ1n) is 5.03. The number of anilines is 1. The minimum atomic E-state index is -1.52. The van der Waals surface area contributed by atoms with E-state index in [4.69, 9.17) is 10.4 Å². The van der Waals surface area contributed by atoms with Gasteiger partial charge in [-0.25, -0.2) is 0 Å². The van der Waals surface area contributed by atoms with E-state index in [-0.39, 0.29) is 0 Å². The van der Waals surface area contributed by atoms with E-state index in [1.807, 2.05) is 6.07 Å². The van der Waals surface area contributed by atoms with E-state index in [9.17, 15) is 9.59 Å². The molecular formula is C12H11BrN2O3. The monoisotopic (exact) mass is 310 g/mol. The number of aliphatic carboxylic acids is 1. The van der Waals surface area contributed by atoms with Crippen LogP contribution in [-0.2, 0) is 9.59 Å². The normalized spacial score (nSPS) is 10.6. The molecule has 1 rings (SSSR count). The lowest BCUT2D eigenvalue weighted by atomic mass is 9.92. The first-order valence-corrected chi connectivity index (χ1v) is 5.83. The summed E-state index contributed by atoms with van der Waals surface area (Å²) in [5.74, 6) is -1.83. The van der Waals surface area contributed by atoms with Crippen molar-refractivity contribution in [3.63, 3.8) is 0 Å². The lowest BCUT2D eigenvalue weighted by Gasteiger charge is -2.18. The fourth-order valence-corrected chi connectivity index (χ4v) is 1.54. The Morgan fingerprint density at radius 1 is 1.44 bits per heavy atom. The Morgan fingerprint density at radius 3 is 2.50 bits per heavy atom. The number of carboxylic acid groups (broad SMARTS) is 1. The number of nitrogens with zero attached hydrogens (tertiary/aromatic N) is 1. The molecule has 0 bridgehead atoms. The van der Waals surface area contributed by atoms with Gasteiger partial charge in [0, 0.05) is 4.47 Å². The number of benzene rings is 1. The topological polar surface area (TPSA) is 90.2 Å². The number of carboxylic acids is 1. The molecule has 1 amide bonds. The fourth-order valence-electron chi connectivity index (χ4n) is 1.06. The Morgan fingerprint density at radius 2 is 2.06 bits per heavy atom. The molecule has 0 fully saturated rings. The third-order valence-electron chi connectivity index (χ3n) is 2.45. The summed E-state index contributed by atoms with van der Waals surface area (Å²) in [6.07, 6.45) is 0. The molecule has 0 spiro atoms. The van der Waals surface area contributed by atoms with Gasteiger partial charge in [-0.3, -0.25) is 9.59 Å². The summed E-state index contributed by atoms with van der Waals surface area (Å²) in [4.78, 5) is 22.7. The van der Waals surface area contributed by atoms with Crippen molar-refractivity contribution in [2.45, 2.75) is 13.8 Å². The van der Waals surface area contributed by atoms with Crippen molar-refractivity contribution in [3.05, 3.63) is 28.2 Å². The van der Waals surface area contributed by atoms with Crippen LogP contribution >= 0.6 is 15.9 Å². The Balaban J connectivity index is 2.97. The molecule has 5 nitrogen and oxygen atoms in total. The number of rotatable bonds is 3. The van der Waals surface area contributed by atoms with Gasteiger partial charge in [0.05, 0.1) is 17.3 Å². The number of hydrogen-bond donors (Lipinski definition) is 2. The molecule has 94 valence electrons. The summed E-state index contributed by atoms with van der Waals surface area (Å²) in [5, 5.41) is 20.1. The van der Waals surface area contributed by atoms with Crippen LogP contribution in [0.4, 0.5) is 5.69 Å². The molecule has 0 aromatic heterocycles. The lowest BCUT2D eigenvalue weighted by molar-refractivity contribution is -0.151. The zero-order valence-electron chi connectivity index (χ0n) is 9.82. The number of nitrogens with one attached hydrogen (secondary N) is 1. The second-order valence-electron chi connectivity index (χ2n) is 4.19. The molecule has 1 aromatic rings. The molecule has 0 aliphatic heterocycles. The van der Waals surface area contributed by atoms with Gasteiger partial charge in [0.15, 0.2) is 0 Å². The molecule has 1 aromatic carbocycles. The van der Waals surface area contributed by atoms with E-state index in [0.717, 1.165) is 0 Å². The lowest BCUT2D eigenvalue weighted by Crippen LogP contribution is -2.37. The van der Waals surface area contributed by atoms with Crippen molar-refractivity contribution in [2.75, 3.05) is 5.32 Å². The second-order valence-corrected chi connectivity index (χ2v) is 5.05. The van der Waals surface area contributed by atoms with Crippen molar-refractivity contribution in [1.29, 1.82) is 5.26 Å². The first-order chi connectivity index (χ1) is 8.28. The van der Waals surface area contributed by atoms with Crippen LogP contribution in [0.15, 0.2) is 22.7 Å². The van der Waals surface area contributed by atoms with Gasteiger partial charge in [-0.1, -0.05) is 0 Å². The number of nitriles is 1. The van der Waals surface area contributed by atoms with Crippen LogP contribution in [-0.4, -0.2) is 17.0 Å². The largest absolute Gasteiger partial charge is 0.480 e. The third-order valence-corrected chi connectivity index (χ3v) is 3.10. The van der Waals surface area contributed by atoms with Crippen LogP contribution in [0.1, 0.15) is 19.4 Å². The summed E-state index contributed by atoms with van der Waals surface area (Å²) >= 11 is 3.21. The van der Waals surface area contributed by atoms with Gasteiger partial charge in [-0.2, -0.15) is 5.26 Å². The van der Waals surface area contributed by atoms with E-state index in [1.165, 1.54) is 19.9 Å². The number of halogens is 1. The van der Waals surface area contributed by atoms with Gasteiger partial charge in [0.2, 0.25) is 5.91 Å². The van der Waals surface area contributed by atoms with Gasteiger partial charge in [0.25, 0.3) is 0 Å². The molecule has 18 heavy (non-hydrogen) atoms. The highest BCUT2D eigenvalue weighted by molar-refractivity contribution is 9.10. The second kappa shape index (κ2) is 5.19. The van der Waals surface area contributed by atoms with Crippen LogP contribution in [0, 0.1) is 16.7 Å². The van der Waals surface area contributed by atoms with Gasteiger partial charge >= 0.3 is 5.97 Å². The molecule has 0 saturated heterocycles. The van der Waals surface area contributed by atoms with E-state index in [0.29, 0.717) is 15.7 Å². The average Bonchev–Trinajstić information content (AvgIpc) is 2.31. The Hall–Kier alpha value is -1.87. The first kappa shape index (κ1) is 14.2. The minimum Gasteiger partial charge on any atom is -0.480 e. The van der Waals surface area contributed by atoms with Crippen molar-refractivity contribution < 1.29 is 14.7 Å². The molecule has 0 heterocycles. The zero-order valence-corrected chi connectivity index (χ0v) is 11.4. The number of carbonyl (C=O) groups is 2. The maximum atomic E-state index is 11.8. The molecule has 0 unspecified atom stereocenters. The molecule has 6 heteroatoms. The highest BCUT2D eigenvalue weighted by Gasteiger charge is 2.36. The number of carbonyl (C=O) groups excluding carboxylic acids is 1. The van der Waals surface area contributed by atoms with Crippen LogP contribution in [0.3, 0.4) is 0 Å². The van der Waals surface area contributed by atoms with Crippen LogP contribution < -0.4 is 5.32 Å². The molecule has 0 saturated carbocycles. The number of hydrogen-bond acceptors (Lipinski definition) is 3. The third kappa shape index (κ3) is 2.87. The summed E-state index contributed by atoms with van der Waals surface area (Å²) in [7, 11) is 0. The smallest absolute Gasteiger partial charge is 0.318 e. The van der Waals surface area contributed by atoms with Crippen LogP contribution in [0.25, 0.3) is 0 Å². The SMILES string of the molecule is CC(C)(C(=O)O)C(=O)Nc1ccc(C#N)cc1Br. The average molecular weight is 311 g/mol. The summed E-state index contributed by atoms with van der Waals surface area (Å²) in [5.41, 5.74) is -0.654. The molecule has 0 aliphatic rings. The van der Waals surface area contributed by atoms with Crippen molar-refractivity contribution >= 4 is 33.5 Å². The van der Waals surface area contributed by atoms with Crippen molar-refractivity contribution in [2.24, 2.45) is 5.41 Å². The van der Waals surface area contributed by atoms with Gasteiger partial charge < -0.3 is 10.4 Å². The van der Waals surface area contributed by atoms with Gasteiger partial charge in [-0.15, -0.1) is 0 Å². The maximum absolute atomic E-state index is 11.8. The highest BCUT2D eigenvalue weighted by Crippen LogP contribution is 2.26. The fraction of sp³-hybridized carbons (Fsp3) is 0.250. The summed E-state index contributed by atoms with van der Waals surface area (Å²) < 4.78 is 0.524. The summed E-state index contributed by atoms with van der Waals surface area (Å²) in [6, 6.07) is 6.58. The maximum Gasteiger partial charge on any atom is 0.318 e. The van der Waals surface area contributed by atoms with Crippen LogP contribution in [0.5, 0.6) is 0 Å². The van der Waals surface area contributed by atoms with Crippen LogP contribution in [0.2, 0.25) is 0 Å². The quantitative estimate of drug-likeness (QED) is 0.839. The van der Waals surface area contributed by atoms with Crippen molar-refractivity contribution in [1.82, 2.24) is 0 Å². The molecule has 0 radical (unpaired) electrons. The van der Waals surface area contributed by atoms with Gasteiger partial charge in [-0.05, 0) is 48.0 Å². The van der Waals surface area contributed by atoms with E-state index in [1.54, 1.807) is 12.1 Å². The Kier molecular flexibility index (Phi) is 4.09. The predicted molar refractivity (Wildman–Crippen MR) is 68.9 cm³/mol. The van der Waals surface area contributed by atoms with E-state index < -0.39 is 17.3 Å². The van der Waals surface area contributed by atoms with E-state index >= 15 is 0 Å². The number of amides is 1. The standard InChI is InChI=1S/C12H11BrN2O3/c1-12(2,11(17)18)10(16)15-9-4-3-7(6-14)5-8(9)13/h3-5H,1-2H3,(H,15,16)(H,17,18). The Bertz CT molecular complexity index is 547. The molecule has 0 atom stereocenters. The van der Waals surface area contributed by atoms with Crippen molar-refractivity contribution in [3.8, 4) is 6.07 Å². The van der Waals surface area contributed by atoms with E-state index in [2.05, 4.69) is 21.2 Å². The Labute approximate surface area is 113 Å². The molecule has 2 N–H and O–H groups in total. The summed E-state index contributed by atoms with van der Waals surface area (Å²) in [6.45, 7) is 2.64. The van der Waals surface area contributed by atoms with Gasteiger partial charge in [0.1, 0.15) is 5.41 Å². The molecule has 0 aliphatic carbocycles. The predicted octanol–water partition coefficient (Wildman–Crippen LogP) is 2.37. The molecular weight excluding hydrogens is 300 g/mol. The zero-order chi connectivity index (χ0) is 13.9.